The number of alkyl halides is 1. The molecule has 4 bridgehead atoms. The molecule has 4 aliphatic carbocycles. The molecular formula is C21H26BrCl2N3O. The number of anilines is 1. The second-order valence-electron chi connectivity index (χ2n) is 9.62. The largest absolute Gasteiger partial charge is 0.352 e. The lowest BCUT2D eigenvalue weighted by molar-refractivity contribution is -0.138. The van der Waals surface area contributed by atoms with E-state index in [9.17, 15) is 4.79 Å². The van der Waals surface area contributed by atoms with Crippen LogP contribution < -0.4 is 4.90 Å². The number of hydrogen-bond acceptors (Lipinski definition) is 3. The van der Waals surface area contributed by atoms with Crippen LogP contribution in [0.15, 0.2) is 12.3 Å². The maximum atomic E-state index is 13.2. The molecule has 0 spiro atoms. The Kier molecular flexibility index (Phi) is 4.88. The number of aromatic nitrogens is 1. The standard InChI is InChI=1S/C21H26BrCl2N3O/c22-21-9-14-5-15(10-21)8-20(7-14,13-21)11-18(28)26-1-3-27(4-2-26)19-17(24)6-16(23)12-25-19/h6,12,14-15H,1-5,7-11,13H2. The van der Waals surface area contributed by atoms with Crippen LogP contribution in [0.3, 0.4) is 0 Å². The summed E-state index contributed by atoms with van der Waals surface area (Å²) in [5.41, 5.74) is 0.239. The van der Waals surface area contributed by atoms with E-state index < -0.39 is 0 Å². The van der Waals surface area contributed by atoms with E-state index in [1.54, 1.807) is 12.3 Å². The molecular weight excluding hydrogens is 461 g/mol. The molecule has 152 valence electrons. The van der Waals surface area contributed by atoms with E-state index in [4.69, 9.17) is 23.2 Å². The molecule has 2 heterocycles. The van der Waals surface area contributed by atoms with Gasteiger partial charge in [-0.1, -0.05) is 39.1 Å². The summed E-state index contributed by atoms with van der Waals surface area (Å²) >= 11 is 16.3. The summed E-state index contributed by atoms with van der Waals surface area (Å²) < 4.78 is 0.313. The zero-order chi connectivity index (χ0) is 19.5. The first-order valence-electron chi connectivity index (χ1n) is 10.4. The molecule has 5 fully saturated rings. The van der Waals surface area contributed by atoms with Crippen molar-refractivity contribution in [2.45, 2.75) is 49.3 Å². The molecule has 4 saturated carbocycles. The summed E-state index contributed by atoms with van der Waals surface area (Å²) in [5, 5.41) is 1.12. The molecule has 0 N–H and O–H groups in total. The fourth-order valence-corrected chi connectivity index (χ4v) is 8.79. The van der Waals surface area contributed by atoms with Gasteiger partial charge in [-0.3, -0.25) is 4.79 Å². The Morgan fingerprint density at radius 1 is 1.14 bits per heavy atom. The van der Waals surface area contributed by atoms with Crippen molar-refractivity contribution in [3.63, 3.8) is 0 Å². The van der Waals surface area contributed by atoms with Crippen LogP contribution in [-0.2, 0) is 4.79 Å². The lowest BCUT2D eigenvalue weighted by Crippen LogP contribution is -2.55. The van der Waals surface area contributed by atoms with Gasteiger partial charge in [-0.15, -0.1) is 0 Å². The lowest BCUT2D eigenvalue weighted by Gasteiger charge is -2.60. The number of pyridine rings is 1. The fourth-order valence-electron chi connectivity index (χ4n) is 6.78. The van der Waals surface area contributed by atoms with Crippen molar-refractivity contribution in [2.24, 2.45) is 17.3 Å². The van der Waals surface area contributed by atoms with Crippen molar-refractivity contribution in [2.75, 3.05) is 31.1 Å². The number of rotatable bonds is 3. The zero-order valence-corrected chi connectivity index (χ0v) is 19.1. The summed E-state index contributed by atoms with van der Waals surface area (Å²) in [4.78, 5) is 21.8. The van der Waals surface area contributed by atoms with E-state index >= 15 is 0 Å². The quantitative estimate of drug-likeness (QED) is 0.553. The fraction of sp³-hybridized carbons (Fsp3) is 0.714. The van der Waals surface area contributed by atoms with Crippen LogP contribution in [-0.4, -0.2) is 46.3 Å². The Balaban J connectivity index is 1.22. The van der Waals surface area contributed by atoms with Crippen LogP contribution >= 0.6 is 39.1 Å². The van der Waals surface area contributed by atoms with Gasteiger partial charge < -0.3 is 9.80 Å². The minimum absolute atomic E-state index is 0.239. The predicted octanol–water partition coefficient (Wildman–Crippen LogP) is 5.16. The number of nitrogens with zero attached hydrogens (tertiary/aromatic N) is 3. The van der Waals surface area contributed by atoms with Gasteiger partial charge in [0.2, 0.25) is 5.91 Å². The highest BCUT2D eigenvalue weighted by molar-refractivity contribution is 9.10. The van der Waals surface area contributed by atoms with Crippen LogP contribution in [0.5, 0.6) is 0 Å². The Hall–Kier alpha value is -0.520. The molecule has 28 heavy (non-hydrogen) atoms. The van der Waals surface area contributed by atoms with Crippen molar-refractivity contribution < 1.29 is 4.79 Å². The number of halogens is 3. The van der Waals surface area contributed by atoms with Crippen molar-refractivity contribution in [1.82, 2.24) is 9.88 Å². The Labute approximate surface area is 185 Å². The van der Waals surface area contributed by atoms with Crippen molar-refractivity contribution in [1.29, 1.82) is 0 Å². The maximum absolute atomic E-state index is 13.2. The third kappa shape index (κ3) is 3.56. The summed E-state index contributed by atoms with van der Waals surface area (Å²) in [7, 11) is 0. The molecule has 6 rings (SSSR count). The molecule has 1 aromatic heterocycles. The van der Waals surface area contributed by atoms with E-state index in [-0.39, 0.29) is 5.41 Å². The highest BCUT2D eigenvalue weighted by Crippen LogP contribution is 2.65. The lowest BCUT2D eigenvalue weighted by atomic mass is 9.48. The first-order chi connectivity index (χ1) is 13.3. The molecule has 2 unspecified atom stereocenters. The monoisotopic (exact) mass is 485 g/mol. The van der Waals surface area contributed by atoms with Crippen molar-refractivity contribution in [3.05, 3.63) is 22.3 Å². The minimum Gasteiger partial charge on any atom is -0.352 e. The summed E-state index contributed by atoms with van der Waals surface area (Å²) in [6.45, 7) is 3.01. The maximum Gasteiger partial charge on any atom is 0.223 e. The highest BCUT2D eigenvalue weighted by atomic mass is 79.9. The first-order valence-corrected chi connectivity index (χ1v) is 11.9. The number of carbonyl (C=O) groups excluding carboxylic acids is 1. The molecule has 1 saturated heterocycles. The number of piperazine rings is 1. The molecule has 2 atom stereocenters. The average Bonchev–Trinajstić information content (AvgIpc) is 2.59. The van der Waals surface area contributed by atoms with Crippen LogP contribution in [0.25, 0.3) is 0 Å². The van der Waals surface area contributed by atoms with Gasteiger partial charge in [0.15, 0.2) is 0 Å². The molecule has 1 amide bonds. The van der Waals surface area contributed by atoms with Gasteiger partial charge in [-0.25, -0.2) is 4.98 Å². The smallest absolute Gasteiger partial charge is 0.223 e. The zero-order valence-electron chi connectivity index (χ0n) is 16.0. The molecule has 0 aromatic carbocycles. The summed E-state index contributed by atoms with van der Waals surface area (Å²) in [6.07, 6.45) is 10.1. The van der Waals surface area contributed by atoms with Crippen LogP contribution in [0.1, 0.15) is 44.9 Å². The van der Waals surface area contributed by atoms with E-state index in [0.29, 0.717) is 20.3 Å². The van der Waals surface area contributed by atoms with Gasteiger partial charge >= 0.3 is 0 Å². The van der Waals surface area contributed by atoms with Crippen molar-refractivity contribution in [3.8, 4) is 0 Å². The predicted molar refractivity (Wildman–Crippen MR) is 116 cm³/mol. The van der Waals surface area contributed by atoms with Gasteiger partial charge in [0, 0.05) is 43.1 Å². The van der Waals surface area contributed by atoms with E-state index in [1.807, 2.05) is 0 Å². The topological polar surface area (TPSA) is 36.4 Å². The average molecular weight is 487 g/mol. The van der Waals surface area contributed by atoms with Gasteiger partial charge in [-0.05, 0) is 61.8 Å². The third-order valence-corrected chi connectivity index (χ3v) is 8.77. The molecule has 0 radical (unpaired) electrons. The molecule has 1 aromatic rings. The Morgan fingerprint density at radius 2 is 1.82 bits per heavy atom. The number of carbonyl (C=O) groups is 1. The van der Waals surface area contributed by atoms with Gasteiger partial charge in [0.1, 0.15) is 5.82 Å². The second kappa shape index (κ2) is 7.02. The van der Waals surface area contributed by atoms with Crippen LogP contribution in [0, 0.1) is 17.3 Å². The highest BCUT2D eigenvalue weighted by Gasteiger charge is 2.57. The molecule has 1 aliphatic heterocycles. The second-order valence-corrected chi connectivity index (χ2v) is 12.1. The van der Waals surface area contributed by atoms with E-state index in [2.05, 4.69) is 30.7 Å². The minimum atomic E-state index is 0.239. The third-order valence-electron chi connectivity index (χ3n) is 7.36. The van der Waals surface area contributed by atoms with Crippen LogP contribution in [0.4, 0.5) is 5.82 Å². The first kappa shape index (κ1) is 19.4. The van der Waals surface area contributed by atoms with E-state index in [0.717, 1.165) is 50.3 Å². The van der Waals surface area contributed by atoms with Crippen molar-refractivity contribution >= 4 is 50.9 Å². The Morgan fingerprint density at radius 3 is 2.43 bits per heavy atom. The van der Waals surface area contributed by atoms with Gasteiger partial charge in [0.25, 0.3) is 0 Å². The van der Waals surface area contributed by atoms with E-state index in [1.165, 1.54) is 38.5 Å². The van der Waals surface area contributed by atoms with Crippen LogP contribution in [0.2, 0.25) is 10.0 Å². The molecule has 7 heteroatoms. The molecule has 4 nitrogen and oxygen atoms in total. The summed E-state index contributed by atoms with van der Waals surface area (Å²) in [6, 6.07) is 1.73. The van der Waals surface area contributed by atoms with Gasteiger partial charge in [-0.2, -0.15) is 0 Å². The SMILES string of the molecule is O=C(CC12CC3CC(CC(Br)(C3)C1)C2)N1CCN(c2ncc(Cl)cc2Cl)CC1. The van der Waals surface area contributed by atoms with Gasteiger partial charge in [0.05, 0.1) is 10.0 Å². The Bertz CT molecular complexity index is 782. The number of hydrogen-bond donors (Lipinski definition) is 0. The molecule has 5 aliphatic rings. The summed E-state index contributed by atoms with van der Waals surface area (Å²) in [5.74, 6) is 2.75. The number of amides is 1. The normalized spacial score (nSPS) is 36.8.